The average Bonchev–Trinajstić information content (AvgIpc) is 3.17. The van der Waals surface area contributed by atoms with Crippen molar-refractivity contribution in [1.82, 2.24) is 9.97 Å². The number of hydrogen-bond acceptors (Lipinski definition) is 4. The first-order valence-electron chi connectivity index (χ1n) is 5.82. The van der Waals surface area contributed by atoms with Gasteiger partial charge in [-0.1, -0.05) is 17.9 Å². The second-order valence-corrected chi connectivity index (χ2v) is 5.56. The second kappa shape index (κ2) is 6.16. The van der Waals surface area contributed by atoms with Crippen molar-refractivity contribution in [3.05, 3.63) is 68.6 Å². The summed E-state index contributed by atoms with van der Waals surface area (Å²) in [5.41, 5.74) is 3.67. The zero-order chi connectivity index (χ0) is 13.6. The predicted octanol–water partition coefficient (Wildman–Crippen LogP) is 3.40. The van der Waals surface area contributed by atoms with Gasteiger partial charge in [0.2, 0.25) is 0 Å². The molecule has 0 radical (unpaired) electrons. The average molecular weight is 292 g/mol. The van der Waals surface area contributed by atoms with E-state index in [0.29, 0.717) is 0 Å². The highest BCUT2D eigenvalue weighted by Gasteiger charge is 1.92. The van der Waals surface area contributed by atoms with Gasteiger partial charge in [0, 0.05) is 22.7 Å². The molecule has 2 nitrogen and oxygen atoms in total. The molecule has 0 spiro atoms. The zero-order valence-corrected chi connectivity index (χ0v) is 12.0. The lowest BCUT2D eigenvalue weighted by molar-refractivity contribution is 1.39. The molecular weight excluding hydrogens is 284 g/mol. The van der Waals surface area contributed by atoms with Gasteiger partial charge < -0.3 is 0 Å². The summed E-state index contributed by atoms with van der Waals surface area (Å²) in [7, 11) is 0. The van der Waals surface area contributed by atoms with Crippen LogP contribution in [-0.4, -0.2) is 9.97 Å². The van der Waals surface area contributed by atoms with Crippen molar-refractivity contribution in [1.29, 1.82) is 0 Å². The van der Waals surface area contributed by atoms with E-state index in [1.54, 1.807) is 17.9 Å². The van der Waals surface area contributed by atoms with E-state index in [0.717, 1.165) is 21.0 Å². The first kappa shape index (κ1) is 12.6. The zero-order valence-electron chi connectivity index (χ0n) is 10.3. The summed E-state index contributed by atoms with van der Waals surface area (Å²) in [6.07, 6.45) is 3.52. The Balaban J connectivity index is 1.83. The molecule has 0 bridgehead atoms. The summed E-state index contributed by atoms with van der Waals surface area (Å²) in [4.78, 5) is 9.10. The van der Waals surface area contributed by atoms with E-state index in [9.17, 15) is 0 Å². The van der Waals surface area contributed by atoms with Gasteiger partial charge in [0.05, 0.1) is 16.6 Å². The van der Waals surface area contributed by atoms with Gasteiger partial charge in [0.1, 0.15) is 0 Å². The molecule has 0 saturated heterocycles. The van der Waals surface area contributed by atoms with Crippen LogP contribution in [0.3, 0.4) is 0 Å². The number of nitrogens with zero attached hydrogens (tertiary/aromatic N) is 2. The molecule has 1 aromatic carbocycles. The van der Waals surface area contributed by atoms with Crippen LogP contribution in [-0.2, 0) is 0 Å². The van der Waals surface area contributed by atoms with E-state index < -0.39 is 0 Å². The Labute approximate surface area is 125 Å². The lowest BCUT2D eigenvalue weighted by Gasteiger charge is -1.91. The van der Waals surface area contributed by atoms with Crippen molar-refractivity contribution in [2.24, 2.45) is 0 Å². The number of thiazole rings is 2. The quantitative estimate of drug-likeness (QED) is 0.594. The molecule has 4 heteroatoms. The van der Waals surface area contributed by atoms with Crippen molar-refractivity contribution in [3.8, 4) is 23.7 Å². The second-order valence-electron chi connectivity index (χ2n) is 3.78. The van der Waals surface area contributed by atoms with Crippen LogP contribution in [0.4, 0.5) is 0 Å². The van der Waals surface area contributed by atoms with Crippen molar-refractivity contribution in [2.75, 3.05) is 0 Å². The molecule has 3 aromatic rings. The summed E-state index contributed by atoms with van der Waals surface area (Å²) >= 11 is 3.07. The Morgan fingerprint density at radius 1 is 0.950 bits per heavy atom. The maximum absolute atomic E-state index is 4.14. The SMILES string of the molecule is C(#Cc1cncs1)c1cccc(C#Cc2nccs2)c1. The molecule has 20 heavy (non-hydrogen) atoms. The summed E-state index contributed by atoms with van der Waals surface area (Å²) in [6.45, 7) is 0. The number of aromatic nitrogens is 2. The smallest absolute Gasteiger partial charge is 0.167 e. The third-order valence-electron chi connectivity index (χ3n) is 2.37. The third kappa shape index (κ3) is 3.33. The first-order chi connectivity index (χ1) is 9.90. The van der Waals surface area contributed by atoms with Gasteiger partial charge in [0.15, 0.2) is 5.01 Å². The molecule has 0 unspecified atom stereocenters. The Morgan fingerprint density at radius 3 is 2.50 bits per heavy atom. The van der Waals surface area contributed by atoms with E-state index in [4.69, 9.17) is 0 Å². The molecule has 0 aliphatic heterocycles. The van der Waals surface area contributed by atoms with Gasteiger partial charge in [-0.05, 0) is 30.0 Å². The van der Waals surface area contributed by atoms with Gasteiger partial charge in [-0.2, -0.15) is 0 Å². The number of hydrogen-bond donors (Lipinski definition) is 0. The van der Waals surface area contributed by atoms with E-state index in [1.165, 1.54) is 22.7 Å². The van der Waals surface area contributed by atoms with Crippen molar-refractivity contribution < 1.29 is 0 Å². The van der Waals surface area contributed by atoms with Gasteiger partial charge in [-0.3, -0.25) is 4.98 Å². The molecule has 94 valence electrons. The van der Waals surface area contributed by atoms with E-state index in [-0.39, 0.29) is 0 Å². The van der Waals surface area contributed by atoms with Crippen LogP contribution in [0.25, 0.3) is 0 Å². The van der Waals surface area contributed by atoms with Gasteiger partial charge in [-0.15, -0.1) is 22.7 Å². The van der Waals surface area contributed by atoms with Gasteiger partial charge in [-0.25, -0.2) is 4.98 Å². The molecule has 0 saturated carbocycles. The predicted molar refractivity (Wildman–Crippen MR) is 82.6 cm³/mol. The summed E-state index contributed by atoms with van der Waals surface area (Å²) in [5, 5.41) is 2.74. The Bertz CT molecular complexity index is 743. The minimum atomic E-state index is 0.825. The van der Waals surface area contributed by atoms with Crippen LogP contribution in [0, 0.1) is 23.7 Å². The normalized spacial score (nSPS) is 9.20. The first-order valence-corrected chi connectivity index (χ1v) is 7.58. The molecule has 3 rings (SSSR count). The maximum Gasteiger partial charge on any atom is 0.167 e. The van der Waals surface area contributed by atoms with Crippen LogP contribution in [0.1, 0.15) is 21.0 Å². The fourth-order valence-electron chi connectivity index (χ4n) is 1.50. The molecule has 2 aromatic heterocycles. The van der Waals surface area contributed by atoms with Crippen LogP contribution >= 0.6 is 22.7 Å². The molecular formula is C16H8N2S2. The monoisotopic (exact) mass is 292 g/mol. The van der Waals surface area contributed by atoms with Crippen LogP contribution < -0.4 is 0 Å². The Morgan fingerprint density at radius 2 is 1.80 bits per heavy atom. The lowest BCUT2D eigenvalue weighted by Crippen LogP contribution is -1.79. The molecule has 0 aliphatic rings. The highest BCUT2D eigenvalue weighted by molar-refractivity contribution is 7.10. The molecule has 2 heterocycles. The lowest BCUT2D eigenvalue weighted by atomic mass is 10.1. The van der Waals surface area contributed by atoms with E-state index >= 15 is 0 Å². The van der Waals surface area contributed by atoms with Crippen molar-refractivity contribution >= 4 is 22.7 Å². The largest absolute Gasteiger partial charge is 0.252 e. The van der Waals surface area contributed by atoms with Gasteiger partial charge in [0.25, 0.3) is 0 Å². The molecule has 0 N–H and O–H groups in total. The van der Waals surface area contributed by atoms with Crippen molar-refractivity contribution in [2.45, 2.75) is 0 Å². The van der Waals surface area contributed by atoms with E-state index in [2.05, 4.69) is 33.6 Å². The third-order valence-corrected chi connectivity index (χ3v) is 3.75. The fraction of sp³-hybridized carbons (Fsp3) is 0. The summed E-state index contributed by atoms with van der Waals surface area (Å²) < 4.78 is 0. The maximum atomic E-state index is 4.14. The van der Waals surface area contributed by atoms with Crippen molar-refractivity contribution in [3.63, 3.8) is 0 Å². The minimum absolute atomic E-state index is 0.825. The number of benzene rings is 1. The molecule has 0 fully saturated rings. The summed E-state index contributed by atoms with van der Waals surface area (Å²) in [6, 6.07) is 7.89. The van der Waals surface area contributed by atoms with Gasteiger partial charge >= 0.3 is 0 Å². The molecule has 0 atom stereocenters. The highest BCUT2D eigenvalue weighted by atomic mass is 32.1. The number of rotatable bonds is 0. The standard InChI is InChI=1S/C16H8N2S2/c1-2-13(4-6-15-11-17-12-20-15)10-14(3-1)5-7-16-18-8-9-19-16/h1-3,8-12H. The Hall–Kier alpha value is -2.40. The highest BCUT2D eigenvalue weighted by Crippen LogP contribution is 2.07. The fourth-order valence-corrected chi connectivity index (χ4v) is 2.45. The van der Waals surface area contributed by atoms with Crippen LogP contribution in [0.2, 0.25) is 0 Å². The van der Waals surface area contributed by atoms with Crippen LogP contribution in [0.15, 0.2) is 47.5 Å². The topological polar surface area (TPSA) is 25.8 Å². The van der Waals surface area contributed by atoms with Crippen LogP contribution in [0.5, 0.6) is 0 Å². The molecule has 0 aliphatic carbocycles. The van der Waals surface area contributed by atoms with E-state index in [1.807, 2.05) is 29.6 Å². The minimum Gasteiger partial charge on any atom is -0.252 e. The Kier molecular flexibility index (Phi) is 3.89. The molecule has 0 amide bonds. The summed E-state index contributed by atoms with van der Waals surface area (Å²) in [5.74, 6) is 12.3.